The molecule has 1 aromatic carbocycles. The molecule has 0 spiro atoms. The number of fused-ring (bicyclic) bond motifs is 1. The van der Waals surface area contributed by atoms with E-state index in [-0.39, 0.29) is 0 Å². The Hall–Kier alpha value is -2.42. The van der Waals surface area contributed by atoms with E-state index in [4.69, 9.17) is 0 Å². The molecule has 0 N–H and O–H groups in total. The number of aromatic nitrogens is 2. The molecule has 88 valence electrons. The average Bonchev–Trinajstić information content (AvgIpc) is 2.82. The third kappa shape index (κ3) is 2.30. The molecule has 0 fully saturated rings. The summed E-state index contributed by atoms with van der Waals surface area (Å²) in [7, 11) is 0. The Bertz CT molecular complexity index is 635. The molecule has 3 heteroatoms. The lowest BCUT2D eigenvalue weighted by Crippen LogP contribution is -1.83. The lowest BCUT2D eigenvalue weighted by Gasteiger charge is -1.90. The summed E-state index contributed by atoms with van der Waals surface area (Å²) in [6.45, 7) is 0.608. The molecule has 0 aliphatic carbocycles. The second kappa shape index (κ2) is 4.84. The summed E-state index contributed by atoms with van der Waals surface area (Å²) < 4.78 is 2.01. The SMILES string of the molecule is C(=NCc1cn2ccccc2n1)c1ccccc1. The van der Waals surface area contributed by atoms with Crippen molar-refractivity contribution in [3.05, 3.63) is 72.2 Å². The van der Waals surface area contributed by atoms with Crippen LogP contribution in [0, 0.1) is 0 Å². The van der Waals surface area contributed by atoms with E-state index in [1.165, 1.54) is 0 Å². The predicted octanol–water partition coefficient (Wildman–Crippen LogP) is 2.95. The van der Waals surface area contributed by atoms with Gasteiger partial charge in [0, 0.05) is 18.6 Å². The minimum atomic E-state index is 0.608. The van der Waals surface area contributed by atoms with Crippen LogP contribution in [0.4, 0.5) is 0 Å². The molecule has 18 heavy (non-hydrogen) atoms. The number of rotatable bonds is 3. The maximum absolute atomic E-state index is 4.49. The summed E-state index contributed by atoms with van der Waals surface area (Å²) >= 11 is 0. The third-order valence-electron chi connectivity index (χ3n) is 2.71. The first kappa shape index (κ1) is 10.7. The van der Waals surface area contributed by atoms with E-state index in [1.807, 2.05) is 71.5 Å². The van der Waals surface area contributed by atoms with Crippen LogP contribution in [0.25, 0.3) is 5.65 Å². The summed E-state index contributed by atoms with van der Waals surface area (Å²) in [6.07, 6.45) is 5.88. The van der Waals surface area contributed by atoms with E-state index < -0.39 is 0 Å². The van der Waals surface area contributed by atoms with Gasteiger partial charge >= 0.3 is 0 Å². The van der Waals surface area contributed by atoms with Gasteiger partial charge in [0.1, 0.15) is 5.65 Å². The van der Waals surface area contributed by atoms with Crippen LogP contribution in [0.5, 0.6) is 0 Å². The molecule has 3 nitrogen and oxygen atoms in total. The predicted molar refractivity (Wildman–Crippen MR) is 72.9 cm³/mol. The van der Waals surface area contributed by atoms with Crippen molar-refractivity contribution in [3.63, 3.8) is 0 Å². The van der Waals surface area contributed by atoms with E-state index in [1.54, 1.807) is 0 Å². The summed E-state index contributed by atoms with van der Waals surface area (Å²) in [4.78, 5) is 8.90. The fourth-order valence-corrected chi connectivity index (χ4v) is 1.85. The second-order valence-electron chi connectivity index (χ2n) is 4.08. The molecule has 0 saturated carbocycles. The van der Waals surface area contributed by atoms with Gasteiger partial charge in [0.2, 0.25) is 0 Å². The Morgan fingerprint density at radius 1 is 1.06 bits per heavy atom. The fraction of sp³-hybridized carbons (Fsp3) is 0.0667. The highest BCUT2D eigenvalue weighted by molar-refractivity contribution is 5.79. The molecule has 0 bridgehead atoms. The van der Waals surface area contributed by atoms with Crippen LogP contribution >= 0.6 is 0 Å². The maximum Gasteiger partial charge on any atom is 0.137 e. The van der Waals surface area contributed by atoms with Gasteiger partial charge < -0.3 is 4.40 Å². The normalized spacial score (nSPS) is 11.3. The van der Waals surface area contributed by atoms with Crippen molar-refractivity contribution < 1.29 is 0 Å². The summed E-state index contributed by atoms with van der Waals surface area (Å²) in [5.41, 5.74) is 3.05. The minimum absolute atomic E-state index is 0.608. The van der Waals surface area contributed by atoms with E-state index in [0.717, 1.165) is 16.9 Å². The van der Waals surface area contributed by atoms with Crippen LogP contribution in [0.1, 0.15) is 11.3 Å². The standard InChI is InChI=1S/C15H13N3/c1-2-6-13(7-3-1)10-16-11-14-12-18-9-5-4-8-15(18)17-14/h1-10,12H,11H2. The number of hydrogen-bond acceptors (Lipinski definition) is 2. The molecular weight excluding hydrogens is 222 g/mol. The van der Waals surface area contributed by atoms with E-state index in [9.17, 15) is 0 Å². The molecule has 2 aromatic heterocycles. The number of pyridine rings is 1. The Morgan fingerprint density at radius 3 is 2.72 bits per heavy atom. The minimum Gasteiger partial charge on any atom is -0.307 e. The highest BCUT2D eigenvalue weighted by Gasteiger charge is 1.98. The molecule has 0 atom stereocenters. The maximum atomic E-state index is 4.49. The van der Waals surface area contributed by atoms with Crippen LogP contribution in [0.2, 0.25) is 0 Å². The van der Waals surface area contributed by atoms with Crippen molar-refractivity contribution in [2.24, 2.45) is 4.99 Å². The number of imidazole rings is 1. The Labute approximate surface area is 105 Å². The zero-order valence-corrected chi connectivity index (χ0v) is 9.90. The van der Waals surface area contributed by atoms with Gasteiger partial charge in [-0.15, -0.1) is 0 Å². The van der Waals surface area contributed by atoms with Crippen LogP contribution in [-0.4, -0.2) is 15.6 Å². The van der Waals surface area contributed by atoms with Crippen molar-refractivity contribution in [1.29, 1.82) is 0 Å². The van der Waals surface area contributed by atoms with Crippen molar-refractivity contribution >= 4 is 11.9 Å². The molecule has 2 heterocycles. The molecule has 0 aliphatic rings. The lowest BCUT2D eigenvalue weighted by molar-refractivity contribution is 1.02. The van der Waals surface area contributed by atoms with E-state index in [0.29, 0.717) is 6.54 Å². The zero-order valence-electron chi connectivity index (χ0n) is 9.90. The van der Waals surface area contributed by atoms with Crippen LogP contribution < -0.4 is 0 Å². The lowest BCUT2D eigenvalue weighted by atomic mass is 10.2. The second-order valence-corrected chi connectivity index (χ2v) is 4.08. The van der Waals surface area contributed by atoms with Gasteiger partial charge in [-0.25, -0.2) is 4.98 Å². The molecule has 0 amide bonds. The number of benzene rings is 1. The van der Waals surface area contributed by atoms with Gasteiger partial charge in [0.05, 0.1) is 12.2 Å². The Morgan fingerprint density at radius 2 is 1.89 bits per heavy atom. The molecule has 0 radical (unpaired) electrons. The zero-order chi connectivity index (χ0) is 12.2. The number of aliphatic imine (C=N–C) groups is 1. The molecule has 0 unspecified atom stereocenters. The van der Waals surface area contributed by atoms with Crippen molar-refractivity contribution in [2.75, 3.05) is 0 Å². The van der Waals surface area contributed by atoms with Gasteiger partial charge in [0.25, 0.3) is 0 Å². The third-order valence-corrected chi connectivity index (χ3v) is 2.71. The fourth-order valence-electron chi connectivity index (χ4n) is 1.85. The van der Waals surface area contributed by atoms with Crippen molar-refractivity contribution in [2.45, 2.75) is 6.54 Å². The average molecular weight is 235 g/mol. The molecular formula is C15H13N3. The van der Waals surface area contributed by atoms with Crippen molar-refractivity contribution in [1.82, 2.24) is 9.38 Å². The highest BCUT2D eigenvalue weighted by atomic mass is 15.0. The first-order valence-electron chi connectivity index (χ1n) is 5.89. The molecule has 0 saturated heterocycles. The van der Waals surface area contributed by atoms with Gasteiger partial charge in [0.15, 0.2) is 0 Å². The van der Waals surface area contributed by atoms with E-state index in [2.05, 4.69) is 9.98 Å². The topological polar surface area (TPSA) is 29.7 Å². The molecule has 0 aliphatic heterocycles. The van der Waals surface area contributed by atoms with Crippen LogP contribution in [-0.2, 0) is 6.54 Å². The first-order chi connectivity index (χ1) is 8.92. The smallest absolute Gasteiger partial charge is 0.137 e. The van der Waals surface area contributed by atoms with Crippen LogP contribution in [0.15, 0.2) is 65.9 Å². The number of hydrogen-bond donors (Lipinski definition) is 0. The summed E-state index contributed by atoms with van der Waals surface area (Å²) in [5.74, 6) is 0. The van der Waals surface area contributed by atoms with E-state index >= 15 is 0 Å². The Kier molecular flexibility index (Phi) is 2.88. The van der Waals surface area contributed by atoms with Crippen molar-refractivity contribution in [3.8, 4) is 0 Å². The summed E-state index contributed by atoms with van der Waals surface area (Å²) in [6, 6.07) is 16.0. The first-order valence-corrected chi connectivity index (χ1v) is 5.89. The quantitative estimate of drug-likeness (QED) is 0.642. The van der Waals surface area contributed by atoms with Gasteiger partial charge in [-0.3, -0.25) is 4.99 Å². The van der Waals surface area contributed by atoms with Crippen LogP contribution in [0.3, 0.4) is 0 Å². The monoisotopic (exact) mass is 235 g/mol. The van der Waals surface area contributed by atoms with Gasteiger partial charge in [-0.05, 0) is 17.7 Å². The molecule has 3 aromatic rings. The summed E-state index contributed by atoms with van der Waals surface area (Å²) in [5, 5.41) is 0. The largest absolute Gasteiger partial charge is 0.307 e. The number of nitrogens with zero attached hydrogens (tertiary/aromatic N) is 3. The van der Waals surface area contributed by atoms with Gasteiger partial charge in [-0.2, -0.15) is 0 Å². The Balaban J connectivity index is 1.75. The van der Waals surface area contributed by atoms with Gasteiger partial charge in [-0.1, -0.05) is 36.4 Å². The molecule has 3 rings (SSSR count). The highest BCUT2D eigenvalue weighted by Crippen LogP contribution is 2.05.